The lowest BCUT2D eigenvalue weighted by Gasteiger charge is -2.03. The summed E-state index contributed by atoms with van der Waals surface area (Å²) < 4.78 is 6.23. The van der Waals surface area contributed by atoms with E-state index in [0.29, 0.717) is 12.3 Å². The van der Waals surface area contributed by atoms with Gasteiger partial charge < -0.3 is 10.5 Å². The van der Waals surface area contributed by atoms with E-state index in [0.717, 1.165) is 14.2 Å². The number of carbonyl (C=O) groups is 1. The van der Waals surface area contributed by atoms with Crippen LogP contribution in [0.25, 0.3) is 0 Å². The number of thiophene rings is 1. The number of hydrogen-bond acceptors (Lipinski definition) is 4. The molecule has 0 amide bonds. The summed E-state index contributed by atoms with van der Waals surface area (Å²) >= 11 is 4.93. The van der Waals surface area contributed by atoms with Gasteiger partial charge >= 0.3 is 5.97 Å². The summed E-state index contributed by atoms with van der Waals surface area (Å²) in [5.74, 6) is -0.232. The number of nitrogens with two attached hydrogens (primary N) is 1. The molecule has 0 spiro atoms. The third-order valence-electron chi connectivity index (χ3n) is 2.33. The lowest BCUT2D eigenvalue weighted by Crippen LogP contribution is -2.07. The van der Waals surface area contributed by atoms with Crippen LogP contribution in [-0.2, 0) is 22.6 Å². The average Bonchev–Trinajstić information content (AvgIpc) is 2.76. The van der Waals surface area contributed by atoms with E-state index in [-0.39, 0.29) is 12.4 Å². The number of anilines is 1. The van der Waals surface area contributed by atoms with Crippen molar-refractivity contribution in [1.82, 2.24) is 0 Å². The van der Waals surface area contributed by atoms with Crippen molar-refractivity contribution in [1.29, 1.82) is 0 Å². The molecular formula is C13H12BrNO2S. The maximum absolute atomic E-state index is 11.6. The number of halogens is 1. The highest BCUT2D eigenvalue weighted by Crippen LogP contribution is 2.22. The van der Waals surface area contributed by atoms with Crippen LogP contribution in [0.5, 0.6) is 0 Å². The summed E-state index contributed by atoms with van der Waals surface area (Å²) in [6.45, 7) is 0.323. The standard InChI is InChI=1S/C13H12BrNO2S/c14-12-6-5-11(18-12)8-17-13(16)7-9-1-3-10(15)4-2-9/h1-6H,7-8,15H2. The lowest BCUT2D eigenvalue weighted by molar-refractivity contribution is -0.144. The minimum atomic E-state index is -0.232. The lowest BCUT2D eigenvalue weighted by atomic mass is 10.1. The Hall–Kier alpha value is -1.33. The molecule has 0 saturated heterocycles. The summed E-state index contributed by atoms with van der Waals surface area (Å²) in [5.41, 5.74) is 7.17. The highest BCUT2D eigenvalue weighted by Gasteiger charge is 2.06. The Labute approximate surface area is 118 Å². The van der Waals surface area contributed by atoms with E-state index in [9.17, 15) is 4.79 Å². The molecule has 1 aromatic heterocycles. The number of esters is 1. The number of carbonyl (C=O) groups excluding carboxylic acids is 1. The second kappa shape index (κ2) is 6.02. The zero-order valence-electron chi connectivity index (χ0n) is 9.56. The molecule has 0 bridgehead atoms. The van der Waals surface area contributed by atoms with Gasteiger partial charge in [0.1, 0.15) is 6.61 Å². The van der Waals surface area contributed by atoms with Crippen molar-refractivity contribution in [2.45, 2.75) is 13.0 Å². The fourth-order valence-electron chi connectivity index (χ4n) is 1.43. The predicted octanol–water partition coefficient (Wildman–Crippen LogP) is 3.38. The molecule has 2 aromatic rings. The molecule has 0 atom stereocenters. The molecule has 0 aliphatic heterocycles. The molecule has 0 saturated carbocycles. The summed E-state index contributed by atoms with van der Waals surface area (Å²) in [6.07, 6.45) is 0.271. The Balaban J connectivity index is 1.83. The quantitative estimate of drug-likeness (QED) is 0.692. The minimum absolute atomic E-state index is 0.232. The summed E-state index contributed by atoms with van der Waals surface area (Å²) in [5, 5.41) is 0. The van der Waals surface area contributed by atoms with Crippen molar-refractivity contribution in [3.8, 4) is 0 Å². The second-order valence-corrected chi connectivity index (χ2v) is 6.33. The van der Waals surface area contributed by atoms with Gasteiger partial charge in [0, 0.05) is 10.6 Å². The van der Waals surface area contributed by atoms with E-state index in [1.54, 1.807) is 23.5 Å². The Morgan fingerprint density at radius 1 is 1.22 bits per heavy atom. The van der Waals surface area contributed by atoms with Crippen molar-refractivity contribution >= 4 is 38.9 Å². The number of rotatable bonds is 4. The van der Waals surface area contributed by atoms with Crippen molar-refractivity contribution in [3.63, 3.8) is 0 Å². The van der Waals surface area contributed by atoms with Crippen molar-refractivity contribution in [2.24, 2.45) is 0 Å². The minimum Gasteiger partial charge on any atom is -0.460 e. The van der Waals surface area contributed by atoms with E-state index in [1.165, 1.54) is 0 Å². The Morgan fingerprint density at radius 2 is 1.94 bits per heavy atom. The van der Waals surface area contributed by atoms with Crippen molar-refractivity contribution in [3.05, 3.63) is 50.6 Å². The maximum Gasteiger partial charge on any atom is 0.310 e. The molecule has 1 aromatic carbocycles. The first-order valence-electron chi connectivity index (χ1n) is 5.38. The van der Waals surface area contributed by atoms with Crippen LogP contribution in [-0.4, -0.2) is 5.97 Å². The number of hydrogen-bond donors (Lipinski definition) is 1. The molecule has 0 unspecified atom stereocenters. The van der Waals surface area contributed by atoms with Crippen molar-refractivity contribution in [2.75, 3.05) is 5.73 Å². The Kier molecular flexibility index (Phi) is 4.38. The molecule has 0 aliphatic carbocycles. The molecule has 1 heterocycles. The molecule has 94 valence electrons. The fraction of sp³-hybridized carbons (Fsp3) is 0.154. The van der Waals surface area contributed by atoms with Gasteiger partial charge in [-0.3, -0.25) is 4.79 Å². The van der Waals surface area contributed by atoms with E-state index >= 15 is 0 Å². The van der Waals surface area contributed by atoms with Crippen LogP contribution in [0.15, 0.2) is 40.2 Å². The number of benzene rings is 1. The first-order valence-corrected chi connectivity index (χ1v) is 6.99. The van der Waals surface area contributed by atoms with Crippen LogP contribution in [0, 0.1) is 0 Å². The van der Waals surface area contributed by atoms with Gasteiger partial charge in [-0.25, -0.2) is 0 Å². The first kappa shape index (κ1) is 13.1. The topological polar surface area (TPSA) is 52.3 Å². The summed E-state index contributed by atoms with van der Waals surface area (Å²) in [7, 11) is 0. The predicted molar refractivity (Wildman–Crippen MR) is 76.4 cm³/mol. The monoisotopic (exact) mass is 325 g/mol. The van der Waals surface area contributed by atoms with Crippen LogP contribution in [0.2, 0.25) is 0 Å². The molecule has 5 heteroatoms. The molecular weight excluding hydrogens is 314 g/mol. The summed E-state index contributed by atoms with van der Waals surface area (Å²) in [6, 6.07) is 11.1. The highest BCUT2D eigenvalue weighted by atomic mass is 79.9. The van der Waals surface area contributed by atoms with Gasteiger partial charge in [-0.2, -0.15) is 0 Å². The van der Waals surface area contributed by atoms with E-state index in [2.05, 4.69) is 15.9 Å². The van der Waals surface area contributed by atoms with Gasteiger partial charge in [0.25, 0.3) is 0 Å². The maximum atomic E-state index is 11.6. The zero-order chi connectivity index (χ0) is 13.0. The second-order valence-electron chi connectivity index (χ2n) is 3.78. The normalized spacial score (nSPS) is 10.3. The van der Waals surface area contributed by atoms with Crippen LogP contribution in [0.1, 0.15) is 10.4 Å². The largest absolute Gasteiger partial charge is 0.460 e. The van der Waals surface area contributed by atoms with Crippen LogP contribution >= 0.6 is 27.3 Å². The Morgan fingerprint density at radius 3 is 2.56 bits per heavy atom. The van der Waals surface area contributed by atoms with Gasteiger partial charge in [0.2, 0.25) is 0 Å². The molecule has 2 rings (SSSR count). The molecule has 2 N–H and O–H groups in total. The molecule has 0 radical (unpaired) electrons. The van der Waals surface area contributed by atoms with Gasteiger partial charge in [0.15, 0.2) is 0 Å². The van der Waals surface area contributed by atoms with E-state index in [1.807, 2.05) is 24.3 Å². The Bertz CT molecular complexity index is 536. The first-order chi connectivity index (χ1) is 8.63. The van der Waals surface area contributed by atoms with Crippen LogP contribution in [0.3, 0.4) is 0 Å². The van der Waals surface area contributed by atoms with Crippen LogP contribution < -0.4 is 5.73 Å². The highest BCUT2D eigenvalue weighted by molar-refractivity contribution is 9.11. The van der Waals surface area contributed by atoms with Gasteiger partial charge in [0.05, 0.1) is 10.2 Å². The fourth-order valence-corrected chi connectivity index (χ4v) is 2.83. The smallest absolute Gasteiger partial charge is 0.310 e. The number of nitrogen functional groups attached to an aromatic ring is 1. The average molecular weight is 326 g/mol. The molecule has 18 heavy (non-hydrogen) atoms. The van der Waals surface area contributed by atoms with Crippen LogP contribution in [0.4, 0.5) is 5.69 Å². The number of ether oxygens (including phenoxy) is 1. The van der Waals surface area contributed by atoms with Gasteiger partial charge in [-0.05, 0) is 45.8 Å². The SMILES string of the molecule is Nc1ccc(CC(=O)OCc2ccc(Br)s2)cc1. The molecule has 0 aliphatic rings. The molecule has 3 nitrogen and oxygen atoms in total. The van der Waals surface area contributed by atoms with E-state index in [4.69, 9.17) is 10.5 Å². The van der Waals surface area contributed by atoms with Gasteiger partial charge in [-0.1, -0.05) is 12.1 Å². The van der Waals surface area contributed by atoms with Crippen molar-refractivity contribution < 1.29 is 9.53 Å². The summed E-state index contributed by atoms with van der Waals surface area (Å²) in [4.78, 5) is 12.6. The third kappa shape index (κ3) is 3.85. The van der Waals surface area contributed by atoms with Gasteiger partial charge in [-0.15, -0.1) is 11.3 Å². The third-order valence-corrected chi connectivity index (χ3v) is 3.93. The zero-order valence-corrected chi connectivity index (χ0v) is 12.0. The molecule has 0 fully saturated rings. The van der Waals surface area contributed by atoms with E-state index < -0.39 is 0 Å².